The summed E-state index contributed by atoms with van der Waals surface area (Å²) in [4.78, 5) is 22.7. The maximum Gasteiger partial charge on any atom is 0.178 e. The van der Waals surface area contributed by atoms with Gasteiger partial charge in [0.1, 0.15) is 11.2 Å². The van der Waals surface area contributed by atoms with Gasteiger partial charge in [-0.1, -0.05) is 0 Å². The number of carbonyl (C=O) groups is 2. The van der Waals surface area contributed by atoms with Crippen LogP contribution in [-0.2, 0) is 9.59 Å². The summed E-state index contributed by atoms with van der Waals surface area (Å²) in [6.07, 6.45) is 0.157. The summed E-state index contributed by atoms with van der Waals surface area (Å²) < 4.78 is 0. The molecule has 0 unspecified atom stereocenters. The van der Waals surface area contributed by atoms with E-state index in [1.165, 1.54) is 0 Å². The van der Waals surface area contributed by atoms with Gasteiger partial charge in [-0.2, -0.15) is 0 Å². The third kappa shape index (κ3) is 2.56. The van der Waals surface area contributed by atoms with E-state index < -0.39 is 22.8 Å². The Labute approximate surface area is 104 Å². The average molecular weight is 269 g/mol. The lowest BCUT2D eigenvalue weighted by atomic mass is 9.73. The van der Waals surface area contributed by atoms with Gasteiger partial charge in [0.25, 0.3) is 0 Å². The van der Waals surface area contributed by atoms with Crippen LogP contribution in [0.15, 0.2) is 0 Å². The van der Waals surface area contributed by atoms with Crippen molar-refractivity contribution in [3.8, 4) is 0 Å². The number of alkyl halides is 2. The third-order valence-corrected chi connectivity index (χ3v) is 3.67. The summed E-state index contributed by atoms with van der Waals surface area (Å²) in [7, 11) is 0. The van der Waals surface area contributed by atoms with Crippen LogP contribution in [0.3, 0.4) is 0 Å². The number of rotatable bonds is 4. The Hall–Kier alpha value is -0.160. The molecule has 0 bridgehead atoms. The van der Waals surface area contributed by atoms with Crippen molar-refractivity contribution in [3.63, 3.8) is 0 Å². The molecule has 1 aliphatic rings. The van der Waals surface area contributed by atoms with Gasteiger partial charge in [0.15, 0.2) is 11.6 Å². The molecule has 0 saturated heterocycles. The molecule has 1 rings (SSSR count). The number of carbonyl (C=O) groups excluding carboxylic acids is 2. The zero-order valence-corrected chi connectivity index (χ0v) is 10.2. The first-order chi connectivity index (χ1) is 7.38. The number of halogens is 2. The van der Waals surface area contributed by atoms with E-state index in [2.05, 4.69) is 0 Å². The molecule has 6 heteroatoms. The van der Waals surface area contributed by atoms with Crippen molar-refractivity contribution in [1.29, 1.82) is 0 Å². The lowest BCUT2D eigenvalue weighted by Gasteiger charge is -2.38. The number of Topliss-reactive ketones (excluding diaryl/α,β-unsaturated/α-hetero) is 2. The summed E-state index contributed by atoms with van der Waals surface area (Å²) in [6, 6.07) is 0. The zero-order chi connectivity index (χ0) is 12.4. The Balaban J connectivity index is 2.70. The molecule has 92 valence electrons. The molecule has 0 atom stereocenters. The summed E-state index contributed by atoms with van der Waals surface area (Å²) in [5, 5.41) is 19.9. The zero-order valence-electron chi connectivity index (χ0n) is 8.71. The SMILES string of the molecule is O=C(CCl)C1(O)CCC(O)(C(=O)CCl)CC1. The highest BCUT2D eigenvalue weighted by Gasteiger charge is 2.47. The predicted molar refractivity (Wildman–Crippen MR) is 59.8 cm³/mol. The van der Waals surface area contributed by atoms with Crippen LogP contribution in [0.4, 0.5) is 0 Å². The predicted octanol–water partition coefficient (Wildman–Crippen LogP) is 0.638. The summed E-state index contributed by atoms with van der Waals surface area (Å²) >= 11 is 10.8. The molecule has 2 N–H and O–H groups in total. The molecule has 0 radical (unpaired) electrons. The van der Waals surface area contributed by atoms with Gasteiger partial charge in [-0.05, 0) is 25.7 Å². The third-order valence-electron chi connectivity index (χ3n) is 3.19. The Kier molecular flexibility index (Phi) is 4.35. The molecule has 1 aliphatic carbocycles. The Morgan fingerprint density at radius 3 is 1.31 bits per heavy atom. The van der Waals surface area contributed by atoms with E-state index in [0.717, 1.165) is 0 Å². The normalized spacial score (nSPS) is 34.8. The van der Waals surface area contributed by atoms with Crippen LogP contribution < -0.4 is 0 Å². The Morgan fingerprint density at radius 2 is 1.12 bits per heavy atom. The van der Waals surface area contributed by atoms with Crippen molar-refractivity contribution in [1.82, 2.24) is 0 Å². The molecule has 1 saturated carbocycles. The second-order valence-corrected chi connectivity index (χ2v) is 4.71. The highest BCUT2D eigenvalue weighted by Crippen LogP contribution is 2.36. The fourth-order valence-corrected chi connectivity index (χ4v) is 2.38. The largest absolute Gasteiger partial charge is 0.382 e. The molecule has 1 fully saturated rings. The van der Waals surface area contributed by atoms with E-state index in [4.69, 9.17) is 23.2 Å². The van der Waals surface area contributed by atoms with Gasteiger partial charge in [0.2, 0.25) is 0 Å². The highest BCUT2D eigenvalue weighted by molar-refractivity contribution is 6.29. The fourth-order valence-electron chi connectivity index (χ4n) is 1.88. The molecule has 0 spiro atoms. The van der Waals surface area contributed by atoms with Gasteiger partial charge in [0.05, 0.1) is 11.8 Å². The summed E-state index contributed by atoms with van der Waals surface area (Å²) in [6.45, 7) is 0. The molecule has 0 aromatic heterocycles. The number of hydrogen-bond donors (Lipinski definition) is 2. The van der Waals surface area contributed by atoms with Crippen LogP contribution >= 0.6 is 23.2 Å². The van der Waals surface area contributed by atoms with Gasteiger partial charge < -0.3 is 10.2 Å². The molecular formula is C10H14Cl2O4. The van der Waals surface area contributed by atoms with E-state index in [0.29, 0.717) is 0 Å². The molecule has 16 heavy (non-hydrogen) atoms. The second kappa shape index (κ2) is 5.00. The van der Waals surface area contributed by atoms with Gasteiger partial charge in [-0.3, -0.25) is 9.59 Å². The second-order valence-electron chi connectivity index (χ2n) is 4.18. The number of hydrogen-bond acceptors (Lipinski definition) is 4. The average Bonchev–Trinajstić information content (AvgIpc) is 2.31. The van der Waals surface area contributed by atoms with Crippen LogP contribution in [0, 0.1) is 0 Å². The minimum Gasteiger partial charge on any atom is -0.382 e. The highest BCUT2D eigenvalue weighted by atomic mass is 35.5. The van der Waals surface area contributed by atoms with E-state index in [1.54, 1.807) is 0 Å². The van der Waals surface area contributed by atoms with Crippen molar-refractivity contribution in [2.45, 2.75) is 36.9 Å². The molecule has 0 aromatic rings. The van der Waals surface area contributed by atoms with Gasteiger partial charge in [0, 0.05) is 0 Å². The molecule has 4 nitrogen and oxygen atoms in total. The van der Waals surface area contributed by atoms with E-state index in [9.17, 15) is 19.8 Å². The first-order valence-electron chi connectivity index (χ1n) is 5.01. The topological polar surface area (TPSA) is 74.6 Å². The van der Waals surface area contributed by atoms with Crippen molar-refractivity contribution >= 4 is 34.8 Å². The quantitative estimate of drug-likeness (QED) is 0.734. The van der Waals surface area contributed by atoms with E-state index in [1.807, 2.05) is 0 Å². The first-order valence-corrected chi connectivity index (χ1v) is 6.08. The summed E-state index contributed by atoms with van der Waals surface area (Å²) in [5.74, 6) is -1.46. The summed E-state index contributed by atoms with van der Waals surface area (Å²) in [5.41, 5.74) is -3.00. The first kappa shape index (κ1) is 13.9. The number of ketones is 2. The smallest absolute Gasteiger partial charge is 0.178 e. The molecular weight excluding hydrogens is 255 g/mol. The van der Waals surface area contributed by atoms with E-state index >= 15 is 0 Å². The van der Waals surface area contributed by atoms with E-state index in [-0.39, 0.29) is 37.4 Å². The van der Waals surface area contributed by atoms with Crippen LogP contribution in [0.2, 0.25) is 0 Å². The van der Waals surface area contributed by atoms with Crippen LogP contribution in [-0.4, -0.2) is 44.7 Å². The molecule has 0 aliphatic heterocycles. The van der Waals surface area contributed by atoms with Crippen LogP contribution in [0.25, 0.3) is 0 Å². The van der Waals surface area contributed by atoms with Crippen molar-refractivity contribution < 1.29 is 19.8 Å². The lowest BCUT2D eigenvalue weighted by Crippen LogP contribution is -2.51. The maximum atomic E-state index is 11.4. The Bertz CT molecular complexity index is 265. The molecule has 0 aromatic carbocycles. The van der Waals surface area contributed by atoms with Crippen molar-refractivity contribution in [2.24, 2.45) is 0 Å². The number of aliphatic hydroxyl groups is 2. The molecule has 0 amide bonds. The molecule has 0 heterocycles. The van der Waals surface area contributed by atoms with Crippen molar-refractivity contribution in [2.75, 3.05) is 11.8 Å². The monoisotopic (exact) mass is 268 g/mol. The van der Waals surface area contributed by atoms with Gasteiger partial charge >= 0.3 is 0 Å². The van der Waals surface area contributed by atoms with Crippen molar-refractivity contribution in [3.05, 3.63) is 0 Å². The maximum absolute atomic E-state index is 11.4. The van der Waals surface area contributed by atoms with Gasteiger partial charge in [-0.25, -0.2) is 0 Å². The minimum atomic E-state index is -1.50. The van der Waals surface area contributed by atoms with Crippen LogP contribution in [0.5, 0.6) is 0 Å². The fraction of sp³-hybridized carbons (Fsp3) is 0.800. The van der Waals surface area contributed by atoms with Gasteiger partial charge in [-0.15, -0.1) is 23.2 Å². The van der Waals surface area contributed by atoms with Crippen LogP contribution in [0.1, 0.15) is 25.7 Å². The Morgan fingerprint density at radius 1 is 0.875 bits per heavy atom. The minimum absolute atomic E-state index is 0.0394. The standard InChI is InChI=1S/C10H14Cl2O4/c11-5-7(13)9(15)1-2-10(16,4-3-9)8(14)6-12/h15-16H,1-6H2. The lowest BCUT2D eigenvalue weighted by molar-refractivity contribution is -0.153.